The Morgan fingerprint density at radius 2 is 0.812 bits per heavy atom. The second kappa shape index (κ2) is 10.6. The molecule has 2 heteroatoms. The van der Waals surface area contributed by atoms with Gasteiger partial charge in [0.1, 0.15) is 22.5 Å². The molecule has 0 fully saturated rings. The monoisotopic (exact) mass is 612 g/mol. The van der Waals surface area contributed by atoms with Crippen molar-refractivity contribution < 1.29 is 8.83 Å². The number of furan rings is 2. The van der Waals surface area contributed by atoms with Crippen LogP contribution in [0.1, 0.15) is 0 Å². The summed E-state index contributed by atoms with van der Waals surface area (Å²) >= 11 is 0. The molecule has 2 heterocycles. The van der Waals surface area contributed by atoms with Gasteiger partial charge in [0.25, 0.3) is 0 Å². The zero-order valence-electron chi connectivity index (χ0n) is 26.0. The number of hydrogen-bond donors (Lipinski definition) is 0. The Labute approximate surface area is 277 Å². The lowest BCUT2D eigenvalue weighted by molar-refractivity contribution is 0.631. The summed E-state index contributed by atoms with van der Waals surface area (Å²) in [5.74, 6) is 0.839. The van der Waals surface area contributed by atoms with Crippen molar-refractivity contribution in [2.24, 2.45) is 0 Å². The molecule has 0 bridgehead atoms. The molecule has 0 saturated carbocycles. The maximum absolute atomic E-state index is 6.81. The zero-order valence-corrected chi connectivity index (χ0v) is 26.0. The fourth-order valence-electron chi connectivity index (χ4n) is 7.61. The van der Waals surface area contributed by atoms with Crippen molar-refractivity contribution in [3.8, 4) is 44.7 Å². The molecule has 8 aromatic carbocycles. The summed E-state index contributed by atoms with van der Waals surface area (Å²) in [7, 11) is 0. The predicted molar refractivity (Wildman–Crippen MR) is 200 cm³/mol. The van der Waals surface area contributed by atoms with Crippen LogP contribution in [0.2, 0.25) is 0 Å². The van der Waals surface area contributed by atoms with Crippen molar-refractivity contribution in [1.29, 1.82) is 0 Å². The fourth-order valence-corrected chi connectivity index (χ4v) is 7.61. The van der Waals surface area contributed by atoms with Crippen molar-refractivity contribution in [2.75, 3.05) is 0 Å². The van der Waals surface area contributed by atoms with E-state index in [2.05, 4.69) is 158 Å². The summed E-state index contributed by atoms with van der Waals surface area (Å²) in [6, 6.07) is 60.1. The van der Waals surface area contributed by atoms with Crippen LogP contribution < -0.4 is 0 Å². The van der Waals surface area contributed by atoms with Gasteiger partial charge >= 0.3 is 0 Å². The lowest BCUT2D eigenvalue weighted by Gasteiger charge is -2.20. The Morgan fingerprint density at radius 1 is 0.292 bits per heavy atom. The molecular weight excluding hydrogens is 585 g/mol. The number of benzene rings is 8. The highest BCUT2D eigenvalue weighted by Crippen LogP contribution is 2.51. The molecule has 0 radical (unpaired) electrons. The summed E-state index contributed by atoms with van der Waals surface area (Å²) < 4.78 is 13.5. The molecule has 2 nitrogen and oxygen atoms in total. The van der Waals surface area contributed by atoms with E-state index in [0.29, 0.717) is 0 Å². The van der Waals surface area contributed by atoms with Gasteiger partial charge in [-0.25, -0.2) is 0 Å². The van der Waals surface area contributed by atoms with Gasteiger partial charge in [0.15, 0.2) is 0 Å². The lowest BCUT2D eigenvalue weighted by Crippen LogP contribution is -1.93. The van der Waals surface area contributed by atoms with Crippen molar-refractivity contribution in [3.05, 3.63) is 170 Å². The van der Waals surface area contributed by atoms with Crippen molar-refractivity contribution >= 4 is 54.5 Å². The quantitative estimate of drug-likeness (QED) is 0.185. The minimum atomic E-state index is 0.839. The average Bonchev–Trinajstić information content (AvgIpc) is 3.76. The van der Waals surface area contributed by atoms with Crippen molar-refractivity contribution in [1.82, 2.24) is 0 Å². The van der Waals surface area contributed by atoms with Gasteiger partial charge in [0.2, 0.25) is 0 Å². The molecule has 0 N–H and O–H groups in total. The number of para-hydroxylation sites is 1. The molecule has 0 amide bonds. The zero-order chi connectivity index (χ0) is 31.6. The van der Waals surface area contributed by atoms with E-state index in [1.165, 1.54) is 43.8 Å². The number of rotatable bonds is 4. The van der Waals surface area contributed by atoms with Gasteiger partial charge < -0.3 is 8.83 Å². The maximum Gasteiger partial charge on any atom is 0.144 e. The largest absolute Gasteiger partial charge is 0.456 e. The molecule has 0 aliphatic rings. The maximum atomic E-state index is 6.81. The molecule has 10 rings (SSSR count). The van der Waals surface area contributed by atoms with E-state index in [-0.39, 0.29) is 0 Å². The Bertz CT molecular complexity index is 2760. The smallest absolute Gasteiger partial charge is 0.144 e. The molecule has 224 valence electrons. The molecule has 48 heavy (non-hydrogen) atoms. The minimum Gasteiger partial charge on any atom is -0.456 e. The number of fused-ring (bicyclic) bond motifs is 6. The van der Waals surface area contributed by atoms with E-state index < -0.39 is 0 Å². The van der Waals surface area contributed by atoms with Crippen LogP contribution in [0.5, 0.6) is 0 Å². The topological polar surface area (TPSA) is 26.3 Å². The van der Waals surface area contributed by atoms with Gasteiger partial charge in [-0.3, -0.25) is 0 Å². The summed E-state index contributed by atoms with van der Waals surface area (Å²) in [5, 5.41) is 7.90. The summed E-state index contributed by atoms with van der Waals surface area (Å²) in [6.45, 7) is 0. The van der Waals surface area contributed by atoms with Crippen LogP contribution in [-0.4, -0.2) is 0 Å². The highest BCUT2D eigenvalue weighted by Gasteiger charge is 2.25. The highest BCUT2D eigenvalue weighted by atomic mass is 16.3. The van der Waals surface area contributed by atoms with Gasteiger partial charge in [-0.2, -0.15) is 0 Å². The van der Waals surface area contributed by atoms with E-state index in [0.717, 1.165) is 55.4 Å². The van der Waals surface area contributed by atoms with E-state index >= 15 is 0 Å². The van der Waals surface area contributed by atoms with Crippen LogP contribution in [0.4, 0.5) is 0 Å². The first-order valence-electron chi connectivity index (χ1n) is 16.4. The van der Waals surface area contributed by atoms with Crippen LogP contribution in [0, 0.1) is 0 Å². The number of hydrogen-bond acceptors (Lipinski definition) is 2. The average molecular weight is 613 g/mol. The van der Waals surface area contributed by atoms with Crippen LogP contribution in [0.15, 0.2) is 179 Å². The Kier molecular flexibility index (Phi) is 5.91. The molecule has 0 aliphatic carbocycles. The Morgan fingerprint density at radius 3 is 1.48 bits per heavy atom. The van der Waals surface area contributed by atoms with Crippen LogP contribution in [-0.2, 0) is 0 Å². The van der Waals surface area contributed by atoms with E-state index in [9.17, 15) is 0 Å². The second-order valence-electron chi connectivity index (χ2n) is 12.4. The standard InChI is InChI=1S/C46H28O2/c1-3-15-29(16-4-1)31-19-7-8-21-33(31)43-34-22-9-11-24-36(34)44(37-25-12-10-23-35(37)43)45-39-28-41(30-17-5-2-6-18-30)47-42(39)27-38-32-20-13-14-26-40(32)48-46(38)45/h1-28H. The van der Waals surface area contributed by atoms with E-state index in [1.54, 1.807) is 0 Å². The summed E-state index contributed by atoms with van der Waals surface area (Å²) in [6.07, 6.45) is 0. The van der Waals surface area contributed by atoms with Crippen molar-refractivity contribution in [3.63, 3.8) is 0 Å². The second-order valence-corrected chi connectivity index (χ2v) is 12.4. The SMILES string of the molecule is c1ccc(-c2cc3c(-c4c5ccccc5c(-c5ccccc5-c5ccccc5)c5ccccc45)c4oc5ccccc5c4cc3o2)cc1. The van der Waals surface area contributed by atoms with Gasteiger partial charge in [-0.05, 0) is 62.0 Å². The Balaban J connectivity index is 1.38. The third-order valence-corrected chi connectivity index (χ3v) is 9.69. The fraction of sp³-hybridized carbons (Fsp3) is 0. The minimum absolute atomic E-state index is 0.839. The molecule has 0 saturated heterocycles. The molecular formula is C46H28O2. The molecule has 0 atom stereocenters. The third-order valence-electron chi connectivity index (χ3n) is 9.69. The first-order chi connectivity index (χ1) is 23.8. The Hall–Kier alpha value is -6.38. The first kappa shape index (κ1) is 26.8. The molecule has 0 unspecified atom stereocenters. The molecule has 0 aliphatic heterocycles. The van der Waals surface area contributed by atoms with Gasteiger partial charge in [-0.1, -0.05) is 152 Å². The van der Waals surface area contributed by atoms with Gasteiger partial charge in [-0.15, -0.1) is 0 Å². The van der Waals surface area contributed by atoms with Gasteiger partial charge in [0.05, 0.1) is 0 Å². The lowest BCUT2D eigenvalue weighted by atomic mass is 9.83. The third kappa shape index (κ3) is 4.00. The van der Waals surface area contributed by atoms with Gasteiger partial charge in [0, 0.05) is 32.8 Å². The van der Waals surface area contributed by atoms with E-state index in [4.69, 9.17) is 8.83 Å². The van der Waals surface area contributed by atoms with Crippen LogP contribution >= 0.6 is 0 Å². The highest BCUT2D eigenvalue weighted by molar-refractivity contribution is 6.28. The molecule has 10 aromatic rings. The van der Waals surface area contributed by atoms with E-state index in [1.807, 2.05) is 12.1 Å². The van der Waals surface area contributed by atoms with Crippen LogP contribution in [0.25, 0.3) is 99.2 Å². The summed E-state index contributed by atoms with van der Waals surface area (Å²) in [4.78, 5) is 0. The summed E-state index contributed by atoms with van der Waals surface area (Å²) in [5.41, 5.74) is 10.7. The normalized spacial score (nSPS) is 11.8. The predicted octanol–water partition coefficient (Wildman–Crippen LogP) is 13.3. The molecule has 0 spiro atoms. The van der Waals surface area contributed by atoms with Crippen molar-refractivity contribution in [2.45, 2.75) is 0 Å². The first-order valence-corrected chi connectivity index (χ1v) is 16.4. The van der Waals surface area contributed by atoms with Crippen LogP contribution in [0.3, 0.4) is 0 Å². The molecule has 2 aromatic heterocycles.